The van der Waals surface area contributed by atoms with Crippen LogP contribution in [0.4, 0.5) is 18.9 Å². The Balaban J connectivity index is 2.26. The van der Waals surface area contributed by atoms with Crippen LogP contribution >= 0.6 is 0 Å². The summed E-state index contributed by atoms with van der Waals surface area (Å²) < 4.78 is 37.8. The SMILES string of the molecule is Cc1ccc(C(F)(F)F)cc1NC(=O)C1(C#N)CC1. The monoisotopic (exact) mass is 268 g/mol. The lowest BCUT2D eigenvalue weighted by atomic mass is 10.1. The van der Waals surface area contributed by atoms with Gasteiger partial charge < -0.3 is 5.32 Å². The van der Waals surface area contributed by atoms with Crippen molar-refractivity contribution in [1.29, 1.82) is 5.26 Å². The molecule has 2 rings (SSSR count). The first-order valence-electron chi connectivity index (χ1n) is 5.69. The number of rotatable bonds is 2. The lowest BCUT2D eigenvalue weighted by Gasteiger charge is -2.13. The molecule has 1 aromatic carbocycles. The van der Waals surface area contributed by atoms with Crippen molar-refractivity contribution in [2.24, 2.45) is 5.41 Å². The largest absolute Gasteiger partial charge is 0.416 e. The van der Waals surface area contributed by atoms with Crippen LogP contribution in [0.15, 0.2) is 18.2 Å². The molecular weight excluding hydrogens is 257 g/mol. The van der Waals surface area contributed by atoms with Crippen molar-refractivity contribution in [3.63, 3.8) is 0 Å². The van der Waals surface area contributed by atoms with Crippen LogP contribution in [-0.4, -0.2) is 5.91 Å². The molecule has 0 unspecified atom stereocenters. The van der Waals surface area contributed by atoms with E-state index in [1.165, 1.54) is 6.07 Å². The topological polar surface area (TPSA) is 52.9 Å². The molecule has 6 heteroatoms. The molecule has 1 aliphatic carbocycles. The van der Waals surface area contributed by atoms with Crippen molar-refractivity contribution in [1.82, 2.24) is 0 Å². The quantitative estimate of drug-likeness (QED) is 0.895. The summed E-state index contributed by atoms with van der Waals surface area (Å²) in [6.45, 7) is 1.60. The number of nitriles is 1. The van der Waals surface area contributed by atoms with Gasteiger partial charge in [0.1, 0.15) is 5.41 Å². The first-order chi connectivity index (χ1) is 8.78. The number of nitrogens with zero attached hydrogens (tertiary/aromatic N) is 1. The number of amides is 1. The Morgan fingerprint density at radius 3 is 2.53 bits per heavy atom. The summed E-state index contributed by atoms with van der Waals surface area (Å²) in [5.74, 6) is -0.530. The number of carbonyl (C=O) groups excluding carboxylic acids is 1. The molecule has 19 heavy (non-hydrogen) atoms. The van der Waals surface area contributed by atoms with E-state index >= 15 is 0 Å². The normalized spacial score (nSPS) is 16.6. The molecule has 0 saturated heterocycles. The van der Waals surface area contributed by atoms with E-state index in [-0.39, 0.29) is 5.69 Å². The van der Waals surface area contributed by atoms with Crippen LogP contribution < -0.4 is 5.32 Å². The lowest BCUT2D eigenvalue weighted by Crippen LogP contribution is -2.23. The first-order valence-corrected chi connectivity index (χ1v) is 5.69. The number of aryl methyl sites for hydroxylation is 1. The van der Waals surface area contributed by atoms with Crippen LogP contribution in [0.1, 0.15) is 24.0 Å². The number of alkyl halides is 3. The summed E-state index contributed by atoms with van der Waals surface area (Å²) >= 11 is 0. The minimum absolute atomic E-state index is 0.0985. The molecule has 0 aromatic heterocycles. The summed E-state index contributed by atoms with van der Waals surface area (Å²) in [6.07, 6.45) is -3.56. The predicted molar refractivity (Wildman–Crippen MR) is 62.1 cm³/mol. The minimum Gasteiger partial charge on any atom is -0.324 e. The standard InChI is InChI=1S/C13H11F3N2O/c1-8-2-3-9(13(14,15)16)6-10(8)18-11(19)12(7-17)4-5-12/h2-3,6H,4-5H2,1H3,(H,18,19). The molecule has 0 spiro atoms. The molecule has 1 saturated carbocycles. The molecule has 100 valence electrons. The average Bonchev–Trinajstić information content (AvgIpc) is 3.11. The molecule has 0 aliphatic heterocycles. The van der Waals surface area contributed by atoms with Gasteiger partial charge in [-0.15, -0.1) is 0 Å². The number of hydrogen-bond donors (Lipinski definition) is 1. The number of carbonyl (C=O) groups is 1. The van der Waals surface area contributed by atoms with Crippen molar-refractivity contribution in [3.05, 3.63) is 29.3 Å². The van der Waals surface area contributed by atoms with Crippen LogP contribution in [0.3, 0.4) is 0 Å². The van der Waals surface area contributed by atoms with Gasteiger partial charge in [0.2, 0.25) is 5.91 Å². The van der Waals surface area contributed by atoms with E-state index < -0.39 is 23.1 Å². The molecule has 1 N–H and O–H groups in total. The molecule has 1 aromatic rings. The van der Waals surface area contributed by atoms with E-state index in [0.29, 0.717) is 18.4 Å². The van der Waals surface area contributed by atoms with Gasteiger partial charge in [-0.2, -0.15) is 18.4 Å². The highest BCUT2D eigenvalue weighted by Gasteiger charge is 2.50. The van der Waals surface area contributed by atoms with Gasteiger partial charge in [0, 0.05) is 5.69 Å². The molecule has 0 heterocycles. The highest BCUT2D eigenvalue weighted by Crippen LogP contribution is 2.46. The van der Waals surface area contributed by atoms with Crippen LogP contribution in [-0.2, 0) is 11.0 Å². The van der Waals surface area contributed by atoms with Crippen molar-refractivity contribution in [2.75, 3.05) is 5.32 Å². The zero-order chi connectivity index (χ0) is 14.3. The summed E-state index contributed by atoms with van der Waals surface area (Å²) in [4.78, 5) is 11.8. The number of benzene rings is 1. The van der Waals surface area contributed by atoms with Gasteiger partial charge in [0.15, 0.2) is 0 Å². The van der Waals surface area contributed by atoms with E-state index in [2.05, 4.69) is 5.32 Å². The third-order valence-corrected chi connectivity index (χ3v) is 3.21. The van der Waals surface area contributed by atoms with Crippen molar-refractivity contribution >= 4 is 11.6 Å². The molecular formula is C13H11F3N2O. The molecule has 1 amide bonds. The zero-order valence-corrected chi connectivity index (χ0v) is 10.1. The Kier molecular flexibility index (Phi) is 3.01. The van der Waals surface area contributed by atoms with E-state index in [9.17, 15) is 18.0 Å². The molecule has 0 atom stereocenters. The summed E-state index contributed by atoms with van der Waals surface area (Å²) in [7, 11) is 0. The fourth-order valence-corrected chi connectivity index (χ4v) is 1.69. The molecule has 1 fully saturated rings. The van der Waals surface area contributed by atoms with Crippen molar-refractivity contribution in [2.45, 2.75) is 25.9 Å². The van der Waals surface area contributed by atoms with Gasteiger partial charge in [0.25, 0.3) is 0 Å². The van der Waals surface area contributed by atoms with Gasteiger partial charge in [0.05, 0.1) is 11.6 Å². The van der Waals surface area contributed by atoms with E-state index in [4.69, 9.17) is 5.26 Å². The number of hydrogen-bond acceptors (Lipinski definition) is 2. The third kappa shape index (κ3) is 2.55. The van der Waals surface area contributed by atoms with E-state index in [0.717, 1.165) is 12.1 Å². The van der Waals surface area contributed by atoms with Gasteiger partial charge in [-0.25, -0.2) is 0 Å². The van der Waals surface area contributed by atoms with Gasteiger partial charge in [-0.05, 0) is 37.5 Å². The van der Waals surface area contributed by atoms with Crippen molar-refractivity contribution < 1.29 is 18.0 Å². The fraction of sp³-hybridized carbons (Fsp3) is 0.385. The van der Waals surface area contributed by atoms with Gasteiger partial charge in [-0.1, -0.05) is 6.07 Å². The molecule has 1 aliphatic rings. The average molecular weight is 268 g/mol. The highest BCUT2D eigenvalue weighted by atomic mass is 19.4. The van der Waals surface area contributed by atoms with Gasteiger partial charge in [-0.3, -0.25) is 4.79 Å². The summed E-state index contributed by atoms with van der Waals surface area (Å²) in [5, 5.41) is 11.3. The van der Waals surface area contributed by atoms with Crippen LogP contribution in [0, 0.1) is 23.7 Å². The number of anilines is 1. The molecule has 0 bridgehead atoms. The molecule has 3 nitrogen and oxygen atoms in total. The Labute approximate surface area is 108 Å². The minimum atomic E-state index is -4.46. The number of nitrogens with one attached hydrogen (secondary N) is 1. The second-order valence-corrected chi connectivity index (χ2v) is 4.68. The second kappa shape index (κ2) is 4.26. The second-order valence-electron chi connectivity index (χ2n) is 4.68. The third-order valence-electron chi connectivity index (χ3n) is 3.21. The summed E-state index contributed by atoms with van der Waals surface area (Å²) in [6, 6.07) is 5.05. The maximum Gasteiger partial charge on any atom is 0.416 e. The van der Waals surface area contributed by atoms with Crippen LogP contribution in [0.2, 0.25) is 0 Å². The fourth-order valence-electron chi connectivity index (χ4n) is 1.69. The lowest BCUT2D eigenvalue weighted by molar-refractivity contribution is -0.137. The number of halogens is 3. The Morgan fingerprint density at radius 1 is 1.42 bits per heavy atom. The van der Waals surface area contributed by atoms with E-state index in [1.54, 1.807) is 6.92 Å². The molecule has 0 radical (unpaired) electrons. The summed E-state index contributed by atoms with van der Waals surface area (Å²) in [5.41, 5.74) is -1.26. The van der Waals surface area contributed by atoms with Crippen LogP contribution in [0.5, 0.6) is 0 Å². The maximum absolute atomic E-state index is 12.6. The highest BCUT2D eigenvalue weighted by molar-refractivity contribution is 5.99. The predicted octanol–water partition coefficient (Wildman–Crippen LogP) is 3.26. The Bertz CT molecular complexity index is 568. The van der Waals surface area contributed by atoms with Crippen LogP contribution in [0.25, 0.3) is 0 Å². The van der Waals surface area contributed by atoms with Crippen molar-refractivity contribution in [3.8, 4) is 6.07 Å². The Morgan fingerprint density at radius 2 is 2.05 bits per heavy atom. The van der Waals surface area contributed by atoms with E-state index in [1.807, 2.05) is 6.07 Å². The zero-order valence-electron chi connectivity index (χ0n) is 10.1. The first kappa shape index (κ1) is 13.4. The maximum atomic E-state index is 12.6. The smallest absolute Gasteiger partial charge is 0.324 e. The Hall–Kier alpha value is -2.03. The van der Waals surface area contributed by atoms with Gasteiger partial charge >= 0.3 is 6.18 Å².